The van der Waals surface area contributed by atoms with E-state index in [0.717, 1.165) is 12.1 Å². The minimum atomic E-state index is -4.64. The summed E-state index contributed by atoms with van der Waals surface area (Å²) in [6.07, 6.45) is -4.64. The van der Waals surface area contributed by atoms with Crippen molar-refractivity contribution >= 4 is 11.7 Å². The van der Waals surface area contributed by atoms with Crippen molar-refractivity contribution in [2.75, 3.05) is 18.5 Å². The molecule has 0 aliphatic rings. The molecule has 0 radical (unpaired) electrons. The second kappa shape index (κ2) is 5.68. The number of anilines is 1. The second-order valence-corrected chi connectivity index (χ2v) is 4.57. The predicted molar refractivity (Wildman–Crippen MR) is 64.6 cm³/mol. The number of halogens is 3. The first-order valence-corrected chi connectivity index (χ1v) is 5.58. The number of hydrogen-bond donors (Lipinski definition) is 4. The molecule has 1 aromatic carbocycles. The Morgan fingerprint density at radius 2 is 1.95 bits per heavy atom. The van der Waals surface area contributed by atoms with Gasteiger partial charge in [0.2, 0.25) is 0 Å². The van der Waals surface area contributed by atoms with Gasteiger partial charge in [0.15, 0.2) is 0 Å². The highest BCUT2D eigenvalue weighted by Crippen LogP contribution is 2.32. The summed E-state index contributed by atoms with van der Waals surface area (Å²) in [6, 6.07) is 2.22. The van der Waals surface area contributed by atoms with Gasteiger partial charge in [-0.05, 0) is 25.1 Å². The zero-order valence-corrected chi connectivity index (χ0v) is 10.5. The topological polar surface area (TPSA) is 89.8 Å². The lowest BCUT2D eigenvalue weighted by atomic mass is 10.1. The van der Waals surface area contributed by atoms with Crippen molar-refractivity contribution < 1.29 is 33.3 Å². The van der Waals surface area contributed by atoms with E-state index in [1.165, 1.54) is 6.92 Å². The summed E-state index contributed by atoms with van der Waals surface area (Å²) in [7, 11) is 0. The van der Waals surface area contributed by atoms with Crippen molar-refractivity contribution in [2.45, 2.75) is 18.7 Å². The van der Waals surface area contributed by atoms with Crippen molar-refractivity contribution in [3.8, 4) is 0 Å². The number of alkyl halides is 3. The summed E-state index contributed by atoms with van der Waals surface area (Å²) >= 11 is 0. The number of aliphatic hydroxyl groups is 2. The van der Waals surface area contributed by atoms with E-state index in [9.17, 15) is 23.1 Å². The van der Waals surface area contributed by atoms with Gasteiger partial charge in [0.1, 0.15) is 5.60 Å². The molecule has 112 valence electrons. The highest BCUT2D eigenvalue weighted by atomic mass is 19.4. The molecule has 1 rings (SSSR count). The van der Waals surface area contributed by atoms with Gasteiger partial charge in [-0.1, -0.05) is 0 Å². The van der Waals surface area contributed by atoms with Crippen LogP contribution in [0, 0.1) is 0 Å². The van der Waals surface area contributed by atoms with E-state index in [-0.39, 0.29) is 12.2 Å². The van der Waals surface area contributed by atoms with Gasteiger partial charge in [-0.25, -0.2) is 4.79 Å². The maximum Gasteiger partial charge on any atom is 0.416 e. The Morgan fingerprint density at radius 1 is 1.35 bits per heavy atom. The molecule has 0 heterocycles. The van der Waals surface area contributed by atoms with E-state index in [0.29, 0.717) is 6.07 Å². The molecule has 8 heteroatoms. The van der Waals surface area contributed by atoms with E-state index in [4.69, 9.17) is 10.2 Å². The first kappa shape index (κ1) is 16.3. The minimum Gasteiger partial charge on any atom is -0.478 e. The molecule has 1 atom stereocenters. The van der Waals surface area contributed by atoms with E-state index in [1.807, 2.05) is 0 Å². The SMILES string of the molecule is CC(O)(CO)CNc1ccc(C(F)(F)F)cc1C(=O)O. The van der Waals surface area contributed by atoms with Gasteiger partial charge in [-0.15, -0.1) is 0 Å². The molecule has 20 heavy (non-hydrogen) atoms. The zero-order valence-electron chi connectivity index (χ0n) is 10.5. The van der Waals surface area contributed by atoms with Gasteiger partial charge in [0.25, 0.3) is 0 Å². The standard InChI is InChI=1S/C12H14F3NO4/c1-11(20,6-17)5-16-9-3-2-7(12(13,14)15)4-8(9)10(18)19/h2-4,16-17,20H,5-6H2,1H3,(H,18,19). The molecule has 1 unspecified atom stereocenters. The summed E-state index contributed by atoms with van der Waals surface area (Å²) in [6.45, 7) is 0.503. The third-order valence-electron chi connectivity index (χ3n) is 2.58. The fourth-order valence-corrected chi connectivity index (χ4v) is 1.39. The Morgan fingerprint density at radius 3 is 2.40 bits per heavy atom. The lowest BCUT2D eigenvalue weighted by Gasteiger charge is -2.22. The van der Waals surface area contributed by atoms with Crippen LogP contribution < -0.4 is 5.32 Å². The summed E-state index contributed by atoms with van der Waals surface area (Å²) < 4.78 is 37.5. The molecule has 0 spiro atoms. The summed E-state index contributed by atoms with van der Waals surface area (Å²) in [5.74, 6) is -1.53. The van der Waals surface area contributed by atoms with E-state index in [2.05, 4.69) is 5.32 Å². The quantitative estimate of drug-likeness (QED) is 0.661. The predicted octanol–water partition coefficient (Wildman–Crippen LogP) is 1.56. The van der Waals surface area contributed by atoms with Gasteiger partial charge in [-0.2, -0.15) is 13.2 Å². The lowest BCUT2D eigenvalue weighted by molar-refractivity contribution is -0.137. The average Bonchev–Trinajstić information content (AvgIpc) is 2.35. The second-order valence-electron chi connectivity index (χ2n) is 4.57. The van der Waals surface area contributed by atoms with Crippen LogP contribution in [0.1, 0.15) is 22.8 Å². The summed E-state index contributed by atoms with van der Waals surface area (Å²) in [5.41, 5.74) is -3.22. The Labute approximate surface area is 112 Å². The van der Waals surface area contributed by atoms with Crippen LogP contribution in [0.25, 0.3) is 0 Å². The van der Waals surface area contributed by atoms with Crippen LogP contribution >= 0.6 is 0 Å². The Kier molecular flexibility index (Phi) is 4.61. The van der Waals surface area contributed by atoms with Gasteiger partial charge in [0.05, 0.1) is 17.7 Å². The first-order valence-electron chi connectivity index (χ1n) is 5.58. The molecule has 0 bridgehead atoms. The van der Waals surface area contributed by atoms with Crippen LogP contribution in [-0.4, -0.2) is 40.0 Å². The Bertz CT molecular complexity index is 500. The van der Waals surface area contributed by atoms with Crippen molar-refractivity contribution in [1.82, 2.24) is 0 Å². The molecule has 5 nitrogen and oxygen atoms in total. The molecule has 0 saturated heterocycles. The largest absolute Gasteiger partial charge is 0.478 e. The van der Waals surface area contributed by atoms with Crippen LogP contribution in [0.4, 0.5) is 18.9 Å². The third-order valence-corrected chi connectivity index (χ3v) is 2.58. The molecule has 1 aromatic rings. The number of carboxylic acids is 1. The van der Waals surface area contributed by atoms with Gasteiger partial charge in [-0.3, -0.25) is 0 Å². The number of aliphatic hydroxyl groups excluding tert-OH is 1. The molecule has 0 aliphatic heterocycles. The smallest absolute Gasteiger partial charge is 0.416 e. The highest BCUT2D eigenvalue weighted by Gasteiger charge is 2.32. The van der Waals surface area contributed by atoms with Crippen LogP contribution in [-0.2, 0) is 6.18 Å². The monoisotopic (exact) mass is 293 g/mol. The van der Waals surface area contributed by atoms with Gasteiger partial charge >= 0.3 is 12.1 Å². The van der Waals surface area contributed by atoms with Crippen LogP contribution in [0.15, 0.2) is 18.2 Å². The molecule has 0 amide bonds. The molecular weight excluding hydrogens is 279 g/mol. The number of rotatable bonds is 5. The lowest BCUT2D eigenvalue weighted by Crippen LogP contribution is -2.37. The van der Waals surface area contributed by atoms with Gasteiger partial charge in [0, 0.05) is 12.2 Å². The van der Waals surface area contributed by atoms with Crippen LogP contribution in [0.2, 0.25) is 0 Å². The minimum absolute atomic E-state index is 0.0702. The number of nitrogens with one attached hydrogen (secondary N) is 1. The fourth-order valence-electron chi connectivity index (χ4n) is 1.39. The molecule has 0 saturated carbocycles. The van der Waals surface area contributed by atoms with Crippen molar-refractivity contribution in [3.05, 3.63) is 29.3 Å². The summed E-state index contributed by atoms with van der Waals surface area (Å²) in [5, 5.41) is 29.8. The third kappa shape index (κ3) is 4.10. The number of benzene rings is 1. The number of carbonyl (C=O) groups is 1. The van der Waals surface area contributed by atoms with Gasteiger partial charge < -0.3 is 20.6 Å². The number of carboxylic acid groups (broad SMARTS) is 1. The Balaban J connectivity index is 3.06. The highest BCUT2D eigenvalue weighted by molar-refractivity contribution is 5.94. The van der Waals surface area contributed by atoms with Crippen molar-refractivity contribution in [2.24, 2.45) is 0 Å². The Hall–Kier alpha value is -1.80. The normalized spacial score (nSPS) is 14.7. The molecule has 4 N–H and O–H groups in total. The molecule has 0 fully saturated rings. The molecular formula is C12H14F3NO4. The maximum absolute atomic E-state index is 12.5. The number of aromatic carboxylic acids is 1. The van der Waals surface area contributed by atoms with Crippen LogP contribution in [0.3, 0.4) is 0 Å². The van der Waals surface area contributed by atoms with E-state index >= 15 is 0 Å². The number of hydrogen-bond acceptors (Lipinski definition) is 4. The zero-order chi connectivity index (χ0) is 15.6. The maximum atomic E-state index is 12.5. The fraction of sp³-hybridized carbons (Fsp3) is 0.417. The first-order chi connectivity index (χ1) is 9.07. The van der Waals surface area contributed by atoms with E-state index < -0.39 is 35.5 Å². The average molecular weight is 293 g/mol. The summed E-state index contributed by atoms with van der Waals surface area (Å²) in [4.78, 5) is 11.0. The van der Waals surface area contributed by atoms with Crippen LogP contribution in [0.5, 0.6) is 0 Å². The molecule has 0 aliphatic carbocycles. The van der Waals surface area contributed by atoms with Crippen molar-refractivity contribution in [3.63, 3.8) is 0 Å². The van der Waals surface area contributed by atoms with Crippen molar-refractivity contribution in [1.29, 1.82) is 0 Å². The molecule has 0 aromatic heterocycles. The van der Waals surface area contributed by atoms with E-state index in [1.54, 1.807) is 0 Å².